The number of benzene rings is 2. The first-order chi connectivity index (χ1) is 12.5. The molecule has 3 heteroatoms. The van der Waals surface area contributed by atoms with Crippen LogP contribution in [0.2, 0.25) is 5.02 Å². The highest BCUT2D eigenvalue weighted by Gasteiger charge is 2.53. The molecule has 136 valence electrons. The monoisotopic (exact) mass is 367 g/mol. The van der Waals surface area contributed by atoms with Crippen molar-refractivity contribution >= 4 is 28.3 Å². The van der Waals surface area contributed by atoms with E-state index < -0.39 is 0 Å². The molecule has 0 aliphatic heterocycles. The Balaban J connectivity index is 1.42. The van der Waals surface area contributed by atoms with Crippen molar-refractivity contribution in [1.82, 2.24) is 5.32 Å². The minimum Gasteiger partial charge on any atom is -0.349 e. The van der Waals surface area contributed by atoms with Crippen LogP contribution in [0.1, 0.15) is 55.8 Å². The highest BCUT2D eigenvalue weighted by atomic mass is 35.5. The lowest BCUT2D eigenvalue weighted by Crippen LogP contribution is -2.55. The number of amides is 1. The van der Waals surface area contributed by atoms with Gasteiger partial charge in [0.2, 0.25) is 0 Å². The van der Waals surface area contributed by atoms with Crippen LogP contribution in [0, 0.1) is 23.2 Å². The molecule has 0 radical (unpaired) electrons. The molecular weight excluding hydrogens is 342 g/mol. The van der Waals surface area contributed by atoms with Crippen LogP contribution in [0.5, 0.6) is 0 Å². The number of nitrogens with one attached hydrogen (secondary N) is 1. The molecule has 2 aromatic carbocycles. The lowest BCUT2D eigenvalue weighted by Gasteiger charge is -2.59. The van der Waals surface area contributed by atoms with E-state index in [0.29, 0.717) is 10.4 Å². The summed E-state index contributed by atoms with van der Waals surface area (Å²) in [6.45, 7) is 2.24. The van der Waals surface area contributed by atoms with E-state index in [1.807, 2.05) is 36.4 Å². The average Bonchev–Trinajstić information content (AvgIpc) is 2.60. The predicted molar refractivity (Wildman–Crippen MR) is 106 cm³/mol. The molecule has 26 heavy (non-hydrogen) atoms. The normalized spacial score (nSPS) is 33.4. The van der Waals surface area contributed by atoms with E-state index >= 15 is 0 Å². The van der Waals surface area contributed by atoms with E-state index in [2.05, 4.69) is 12.2 Å². The largest absolute Gasteiger partial charge is 0.349 e. The second-order valence-electron chi connectivity index (χ2n) is 9.12. The van der Waals surface area contributed by atoms with Gasteiger partial charge in [0.25, 0.3) is 5.91 Å². The third-order valence-corrected chi connectivity index (χ3v) is 7.79. The first-order valence-electron chi connectivity index (χ1n) is 10.0. The van der Waals surface area contributed by atoms with Gasteiger partial charge in [-0.25, -0.2) is 0 Å². The van der Waals surface area contributed by atoms with Gasteiger partial charge in [-0.15, -0.1) is 0 Å². The van der Waals surface area contributed by atoms with Crippen LogP contribution in [0.15, 0.2) is 36.4 Å². The van der Waals surface area contributed by atoms with Crippen LogP contribution in [0.3, 0.4) is 0 Å². The molecule has 4 aliphatic carbocycles. The van der Waals surface area contributed by atoms with E-state index in [0.717, 1.165) is 34.1 Å². The zero-order chi connectivity index (χ0) is 17.9. The van der Waals surface area contributed by atoms with Crippen LogP contribution in [-0.4, -0.2) is 11.9 Å². The van der Waals surface area contributed by atoms with E-state index in [1.54, 1.807) is 0 Å². The van der Waals surface area contributed by atoms with Gasteiger partial charge in [0, 0.05) is 22.0 Å². The fourth-order valence-corrected chi connectivity index (χ4v) is 6.84. The van der Waals surface area contributed by atoms with Gasteiger partial charge in [-0.2, -0.15) is 0 Å². The number of hydrogen-bond donors (Lipinski definition) is 1. The Morgan fingerprint density at radius 3 is 2.23 bits per heavy atom. The molecule has 6 rings (SSSR count). The van der Waals surface area contributed by atoms with Gasteiger partial charge in [0.1, 0.15) is 0 Å². The van der Waals surface area contributed by atoms with Crippen molar-refractivity contribution in [1.29, 1.82) is 0 Å². The Morgan fingerprint density at radius 2 is 1.58 bits per heavy atom. The van der Waals surface area contributed by atoms with E-state index in [4.69, 9.17) is 11.6 Å². The Labute approximate surface area is 160 Å². The summed E-state index contributed by atoms with van der Waals surface area (Å²) < 4.78 is 0. The molecule has 2 nitrogen and oxygen atoms in total. The lowest BCUT2D eigenvalue weighted by atomic mass is 9.48. The first kappa shape index (κ1) is 16.6. The third kappa shape index (κ3) is 2.57. The molecular formula is C23H26ClNO. The van der Waals surface area contributed by atoms with Crippen LogP contribution in [0.25, 0.3) is 10.8 Å². The van der Waals surface area contributed by atoms with Crippen molar-refractivity contribution < 1.29 is 4.79 Å². The van der Waals surface area contributed by atoms with Crippen LogP contribution < -0.4 is 5.32 Å². The minimum atomic E-state index is 0.0427. The number of carbonyl (C=O) groups excluding carboxylic acids is 1. The molecule has 2 aromatic rings. The van der Waals surface area contributed by atoms with Crippen molar-refractivity contribution in [2.24, 2.45) is 23.2 Å². The van der Waals surface area contributed by atoms with Gasteiger partial charge in [0.05, 0.1) is 0 Å². The van der Waals surface area contributed by atoms with Crippen molar-refractivity contribution in [3.05, 3.63) is 47.0 Å². The molecule has 0 unspecified atom stereocenters. The fraction of sp³-hybridized carbons (Fsp3) is 0.522. The second-order valence-corrected chi connectivity index (χ2v) is 9.52. The molecule has 4 saturated carbocycles. The van der Waals surface area contributed by atoms with Crippen molar-refractivity contribution in [2.45, 2.75) is 51.5 Å². The molecule has 0 spiro atoms. The number of rotatable bonds is 3. The molecule has 4 aliphatic rings. The summed E-state index contributed by atoms with van der Waals surface area (Å²) in [6.07, 6.45) is 8.22. The number of hydrogen-bond acceptors (Lipinski definition) is 1. The van der Waals surface area contributed by atoms with E-state index in [9.17, 15) is 4.79 Å². The van der Waals surface area contributed by atoms with Gasteiger partial charge in [-0.1, -0.05) is 35.9 Å². The lowest BCUT2D eigenvalue weighted by molar-refractivity contribution is -0.0687. The fourth-order valence-electron chi connectivity index (χ4n) is 6.61. The van der Waals surface area contributed by atoms with Crippen LogP contribution in [0.4, 0.5) is 0 Å². The summed E-state index contributed by atoms with van der Waals surface area (Å²) in [7, 11) is 0. The summed E-state index contributed by atoms with van der Waals surface area (Å²) in [5.41, 5.74) is 1.06. The standard InChI is InChI=1S/C23H26ClNO/c1-14(23-11-15-8-16(12-23)10-17(9-15)13-23)25-22(26)20-6-2-5-19-18(20)4-3-7-21(19)24/h2-7,14-17H,8-13H2,1H3,(H,25,26)/t14-,15?,16?,17?,23?/m0/s1. The predicted octanol–water partition coefficient (Wildman–Crippen LogP) is 5.83. The summed E-state index contributed by atoms with van der Waals surface area (Å²) in [5, 5.41) is 5.97. The number of halogens is 1. The van der Waals surface area contributed by atoms with Crippen molar-refractivity contribution in [3.63, 3.8) is 0 Å². The zero-order valence-electron chi connectivity index (χ0n) is 15.3. The minimum absolute atomic E-state index is 0.0427. The molecule has 4 fully saturated rings. The Bertz CT molecular complexity index is 838. The van der Waals surface area contributed by atoms with E-state index in [1.165, 1.54) is 38.5 Å². The van der Waals surface area contributed by atoms with Crippen LogP contribution in [-0.2, 0) is 0 Å². The number of fused-ring (bicyclic) bond motifs is 1. The average molecular weight is 368 g/mol. The molecule has 1 N–H and O–H groups in total. The summed E-state index contributed by atoms with van der Waals surface area (Å²) in [5.74, 6) is 2.74. The Hall–Kier alpha value is -1.54. The third-order valence-electron chi connectivity index (χ3n) is 7.47. The smallest absolute Gasteiger partial charge is 0.252 e. The van der Waals surface area contributed by atoms with Gasteiger partial charge < -0.3 is 5.32 Å². The number of carbonyl (C=O) groups is 1. The molecule has 1 atom stereocenters. The topological polar surface area (TPSA) is 29.1 Å². The Morgan fingerprint density at radius 1 is 1.00 bits per heavy atom. The highest BCUT2D eigenvalue weighted by Crippen LogP contribution is 2.61. The quantitative estimate of drug-likeness (QED) is 0.726. The summed E-state index contributed by atoms with van der Waals surface area (Å²) in [6, 6.07) is 11.9. The van der Waals surface area contributed by atoms with Crippen molar-refractivity contribution in [2.75, 3.05) is 0 Å². The maximum Gasteiger partial charge on any atom is 0.252 e. The molecule has 4 bridgehead atoms. The maximum atomic E-state index is 13.1. The second kappa shape index (κ2) is 5.99. The van der Waals surface area contributed by atoms with Crippen molar-refractivity contribution in [3.8, 4) is 0 Å². The van der Waals surface area contributed by atoms with E-state index in [-0.39, 0.29) is 11.9 Å². The summed E-state index contributed by atoms with van der Waals surface area (Å²) in [4.78, 5) is 13.1. The van der Waals surface area contributed by atoms with Gasteiger partial charge >= 0.3 is 0 Å². The van der Waals surface area contributed by atoms with Gasteiger partial charge in [-0.05, 0) is 86.1 Å². The Kier molecular flexibility index (Phi) is 3.83. The molecule has 0 heterocycles. The maximum absolute atomic E-state index is 13.1. The first-order valence-corrected chi connectivity index (χ1v) is 10.4. The summed E-state index contributed by atoms with van der Waals surface area (Å²) >= 11 is 6.32. The van der Waals surface area contributed by atoms with Gasteiger partial charge in [0.15, 0.2) is 0 Å². The van der Waals surface area contributed by atoms with Gasteiger partial charge in [-0.3, -0.25) is 4.79 Å². The molecule has 1 amide bonds. The molecule has 0 saturated heterocycles. The zero-order valence-corrected chi connectivity index (χ0v) is 16.1. The molecule has 0 aromatic heterocycles. The SMILES string of the molecule is C[C@H](NC(=O)c1cccc2c(Cl)cccc12)C12CC3CC(CC(C3)C1)C2. The van der Waals surface area contributed by atoms with Crippen LogP contribution >= 0.6 is 11.6 Å². The highest BCUT2D eigenvalue weighted by molar-refractivity contribution is 6.36.